The van der Waals surface area contributed by atoms with E-state index in [1.807, 2.05) is 0 Å². The van der Waals surface area contributed by atoms with Gasteiger partial charge in [-0.3, -0.25) is 19.3 Å². The van der Waals surface area contributed by atoms with Crippen LogP contribution < -0.4 is 10.2 Å². The summed E-state index contributed by atoms with van der Waals surface area (Å²) in [4.78, 5) is 36.2. The lowest BCUT2D eigenvalue weighted by Crippen LogP contribution is -2.40. The molecule has 1 aromatic carbocycles. The second-order valence-corrected chi connectivity index (χ2v) is 4.75. The van der Waals surface area contributed by atoms with Gasteiger partial charge in [0.15, 0.2) is 0 Å². The summed E-state index contributed by atoms with van der Waals surface area (Å²) >= 11 is 3.28. The smallest absolute Gasteiger partial charge is 0.299 e. The average molecular weight is 311 g/mol. The van der Waals surface area contributed by atoms with Crippen LogP contribution in [0.3, 0.4) is 0 Å². The molecule has 2 rings (SSSR count). The quantitative estimate of drug-likeness (QED) is 0.851. The van der Waals surface area contributed by atoms with Crippen molar-refractivity contribution in [1.29, 1.82) is 0 Å². The number of halogens is 1. The lowest BCUT2D eigenvalue weighted by Gasteiger charge is -2.15. The average Bonchev–Trinajstić information content (AvgIpc) is 2.55. The van der Waals surface area contributed by atoms with Crippen LogP contribution in [0.25, 0.3) is 0 Å². The number of hydrogen-bond donors (Lipinski definition) is 1. The fourth-order valence-corrected chi connectivity index (χ4v) is 2.17. The number of nitrogens with one attached hydrogen (secondary N) is 1. The van der Waals surface area contributed by atoms with Crippen LogP contribution in [-0.4, -0.2) is 30.7 Å². The highest BCUT2D eigenvalue weighted by molar-refractivity contribution is 9.10. The third-order valence-corrected chi connectivity index (χ3v) is 3.10. The predicted octanol–water partition coefficient (Wildman–Crippen LogP) is 1.11. The van der Waals surface area contributed by atoms with E-state index < -0.39 is 11.7 Å². The molecule has 0 bridgehead atoms. The number of Topliss-reactive ketones (excluding diaryl/α,β-unsaturated/α-hetero) is 1. The zero-order chi connectivity index (χ0) is 13.3. The Hall–Kier alpha value is -1.69. The van der Waals surface area contributed by atoms with E-state index in [9.17, 15) is 14.4 Å². The fraction of sp³-hybridized carbons (Fsp3) is 0.250. The molecule has 5 nitrogen and oxygen atoms in total. The summed E-state index contributed by atoms with van der Waals surface area (Å²) in [6, 6.07) is 4.94. The molecule has 2 amide bonds. The third kappa shape index (κ3) is 2.15. The molecule has 1 N–H and O–H groups in total. The maximum Gasteiger partial charge on any atom is 0.299 e. The molecule has 18 heavy (non-hydrogen) atoms. The van der Waals surface area contributed by atoms with Gasteiger partial charge in [0.1, 0.15) is 6.54 Å². The maximum absolute atomic E-state index is 11.8. The first kappa shape index (κ1) is 12.8. The van der Waals surface area contributed by atoms with Crippen molar-refractivity contribution in [3.63, 3.8) is 0 Å². The Morgan fingerprint density at radius 1 is 1.39 bits per heavy atom. The summed E-state index contributed by atoms with van der Waals surface area (Å²) < 4.78 is 0.754. The third-order valence-electron chi connectivity index (χ3n) is 2.61. The molecule has 0 fully saturated rings. The van der Waals surface area contributed by atoms with Crippen LogP contribution >= 0.6 is 15.9 Å². The molecular formula is C12H11BrN2O3. The van der Waals surface area contributed by atoms with Crippen LogP contribution in [0.5, 0.6) is 0 Å². The van der Waals surface area contributed by atoms with Gasteiger partial charge in [-0.25, -0.2) is 0 Å². The van der Waals surface area contributed by atoms with Crippen LogP contribution in [0.1, 0.15) is 17.3 Å². The van der Waals surface area contributed by atoms with Crippen LogP contribution in [0.15, 0.2) is 22.7 Å². The molecule has 1 aliphatic heterocycles. The number of fused-ring (bicyclic) bond motifs is 1. The number of benzene rings is 1. The van der Waals surface area contributed by atoms with Crippen molar-refractivity contribution in [3.05, 3.63) is 28.2 Å². The molecule has 1 heterocycles. The molecule has 0 atom stereocenters. The number of ketones is 1. The number of hydrogen-bond acceptors (Lipinski definition) is 3. The van der Waals surface area contributed by atoms with Gasteiger partial charge in [0.2, 0.25) is 5.91 Å². The van der Waals surface area contributed by atoms with Gasteiger partial charge in [0.05, 0.1) is 11.3 Å². The van der Waals surface area contributed by atoms with Crippen molar-refractivity contribution < 1.29 is 14.4 Å². The SMILES string of the molecule is CCNC(=O)CN1C(=O)C(=O)c2ccc(Br)cc21. The number of likely N-dealkylation sites (N-methyl/N-ethyl adjacent to an activating group) is 1. The molecule has 1 aromatic rings. The van der Waals surface area contributed by atoms with Crippen molar-refractivity contribution in [3.8, 4) is 0 Å². The van der Waals surface area contributed by atoms with Gasteiger partial charge in [0.25, 0.3) is 11.7 Å². The van der Waals surface area contributed by atoms with E-state index >= 15 is 0 Å². The van der Waals surface area contributed by atoms with E-state index in [0.29, 0.717) is 17.8 Å². The summed E-state index contributed by atoms with van der Waals surface area (Å²) in [7, 11) is 0. The topological polar surface area (TPSA) is 66.5 Å². The second-order valence-electron chi connectivity index (χ2n) is 3.84. The van der Waals surface area contributed by atoms with Crippen LogP contribution in [0, 0.1) is 0 Å². The van der Waals surface area contributed by atoms with E-state index in [4.69, 9.17) is 0 Å². The van der Waals surface area contributed by atoms with E-state index in [2.05, 4.69) is 21.2 Å². The Bertz CT molecular complexity index is 542. The summed E-state index contributed by atoms with van der Waals surface area (Å²) in [5.74, 6) is -1.51. The zero-order valence-electron chi connectivity index (χ0n) is 9.70. The minimum Gasteiger partial charge on any atom is -0.355 e. The van der Waals surface area contributed by atoms with E-state index in [0.717, 1.165) is 4.47 Å². The van der Waals surface area contributed by atoms with Crippen LogP contribution in [0.2, 0.25) is 0 Å². The Morgan fingerprint density at radius 2 is 2.11 bits per heavy atom. The summed E-state index contributed by atoms with van der Waals surface area (Å²) in [5, 5.41) is 2.60. The van der Waals surface area contributed by atoms with Gasteiger partial charge in [0, 0.05) is 11.0 Å². The molecule has 0 saturated heterocycles. The molecule has 0 aliphatic carbocycles. The lowest BCUT2D eigenvalue weighted by molar-refractivity contribution is -0.122. The molecule has 0 saturated carbocycles. The highest BCUT2D eigenvalue weighted by Crippen LogP contribution is 2.31. The largest absolute Gasteiger partial charge is 0.355 e. The molecule has 94 valence electrons. The molecule has 0 aromatic heterocycles. The summed E-state index contributed by atoms with van der Waals surface area (Å²) in [6.45, 7) is 2.14. The normalized spacial score (nSPS) is 13.8. The highest BCUT2D eigenvalue weighted by atomic mass is 79.9. The fourth-order valence-electron chi connectivity index (χ4n) is 1.82. The van der Waals surface area contributed by atoms with E-state index in [1.165, 1.54) is 4.90 Å². The number of amides is 2. The lowest BCUT2D eigenvalue weighted by atomic mass is 10.1. The maximum atomic E-state index is 11.8. The first-order valence-corrected chi connectivity index (χ1v) is 6.26. The zero-order valence-corrected chi connectivity index (χ0v) is 11.3. The standard InChI is InChI=1S/C12H11BrN2O3/c1-2-14-10(16)6-15-9-5-7(13)3-4-8(9)11(17)12(15)18/h3-5H,2,6H2,1H3,(H,14,16). The molecule has 0 spiro atoms. The molecular weight excluding hydrogens is 300 g/mol. The number of carbonyl (C=O) groups is 3. The summed E-state index contributed by atoms with van der Waals surface area (Å²) in [5.41, 5.74) is 0.818. The van der Waals surface area contributed by atoms with Gasteiger partial charge in [-0.05, 0) is 25.1 Å². The monoisotopic (exact) mass is 310 g/mol. The van der Waals surface area contributed by atoms with Crippen LogP contribution in [-0.2, 0) is 9.59 Å². The van der Waals surface area contributed by atoms with Gasteiger partial charge in [-0.1, -0.05) is 15.9 Å². The van der Waals surface area contributed by atoms with Crippen LogP contribution in [0.4, 0.5) is 5.69 Å². The molecule has 0 radical (unpaired) electrons. The minimum atomic E-state index is -0.658. The minimum absolute atomic E-state index is 0.137. The molecule has 0 unspecified atom stereocenters. The number of nitrogens with zero attached hydrogens (tertiary/aromatic N) is 1. The number of carbonyl (C=O) groups excluding carboxylic acids is 3. The van der Waals surface area contributed by atoms with Crippen molar-refractivity contribution in [2.75, 3.05) is 18.0 Å². The van der Waals surface area contributed by atoms with Gasteiger partial charge < -0.3 is 5.32 Å². The highest BCUT2D eigenvalue weighted by Gasteiger charge is 2.36. The Balaban J connectivity index is 2.33. The molecule has 1 aliphatic rings. The first-order valence-electron chi connectivity index (χ1n) is 5.47. The van der Waals surface area contributed by atoms with E-state index in [1.54, 1.807) is 25.1 Å². The van der Waals surface area contributed by atoms with E-state index in [-0.39, 0.29) is 12.5 Å². The summed E-state index contributed by atoms with van der Waals surface area (Å²) in [6.07, 6.45) is 0. The van der Waals surface area contributed by atoms with Crippen molar-refractivity contribution in [2.45, 2.75) is 6.92 Å². The Kier molecular flexibility index (Phi) is 3.47. The van der Waals surface area contributed by atoms with Crippen molar-refractivity contribution in [2.24, 2.45) is 0 Å². The van der Waals surface area contributed by atoms with Gasteiger partial charge >= 0.3 is 0 Å². The first-order chi connectivity index (χ1) is 8.54. The Morgan fingerprint density at radius 3 is 2.78 bits per heavy atom. The predicted molar refractivity (Wildman–Crippen MR) is 69.5 cm³/mol. The van der Waals surface area contributed by atoms with Gasteiger partial charge in [-0.15, -0.1) is 0 Å². The number of anilines is 1. The van der Waals surface area contributed by atoms with Gasteiger partial charge in [-0.2, -0.15) is 0 Å². The molecule has 6 heteroatoms. The second kappa shape index (κ2) is 4.89. The number of rotatable bonds is 3. The van der Waals surface area contributed by atoms with Crippen molar-refractivity contribution >= 4 is 39.2 Å². The van der Waals surface area contributed by atoms with Crippen molar-refractivity contribution in [1.82, 2.24) is 5.32 Å². The Labute approximate surface area is 112 Å².